The average Bonchev–Trinajstić information content (AvgIpc) is 2.84. The molecule has 1 fully saturated rings. The third kappa shape index (κ3) is 3.61. The Morgan fingerprint density at radius 3 is 2.16 bits per heavy atom. The van der Waals surface area contributed by atoms with E-state index in [4.69, 9.17) is 0 Å². The van der Waals surface area contributed by atoms with Crippen molar-refractivity contribution in [1.29, 1.82) is 0 Å². The number of carbonyl (C=O) groups is 1. The van der Waals surface area contributed by atoms with Gasteiger partial charge in [0.05, 0.1) is 6.54 Å². The van der Waals surface area contributed by atoms with Gasteiger partial charge in [0.1, 0.15) is 5.69 Å². The molecule has 4 aromatic rings. The monoisotopic (exact) mass is 412 g/mol. The lowest BCUT2D eigenvalue weighted by Crippen LogP contribution is -2.53. The molecule has 1 amide bonds. The van der Waals surface area contributed by atoms with Crippen LogP contribution in [-0.2, 0) is 0 Å². The van der Waals surface area contributed by atoms with Gasteiger partial charge in [-0.1, -0.05) is 72.8 Å². The van der Waals surface area contributed by atoms with Gasteiger partial charge in [0.2, 0.25) is 0 Å². The lowest BCUT2D eigenvalue weighted by Gasteiger charge is -2.38. The van der Waals surface area contributed by atoms with E-state index in [1.54, 1.807) is 21.9 Å². The number of aromatic nitrogens is 2. The van der Waals surface area contributed by atoms with Crippen LogP contribution in [0.25, 0.3) is 22.0 Å². The smallest absolute Gasteiger partial charge is 0.254 e. The van der Waals surface area contributed by atoms with Gasteiger partial charge in [0.25, 0.3) is 5.91 Å². The van der Waals surface area contributed by atoms with Crippen LogP contribution in [0.4, 0.5) is 10.2 Å². The Kier molecular flexibility index (Phi) is 5.04. The molecule has 6 heteroatoms. The highest BCUT2D eigenvalue weighted by atomic mass is 19.1. The first-order valence-electron chi connectivity index (χ1n) is 10.3. The van der Waals surface area contributed by atoms with Crippen LogP contribution in [0.1, 0.15) is 10.4 Å². The van der Waals surface area contributed by atoms with Gasteiger partial charge in [-0.05, 0) is 12.1 Å². The molecule has 0 radical (unpaired) electrons. The van der Waals surface area contributed by atoms with Crippen molar-refractivity contribution in [2.24, 2.45) is 0 Å². The zero-order valence-electron chi connectivity index (χ0n) is 16.9. The Balaban J connectivity index is 1.45. The molecular weight excluding hydrogens is 391 g/mol. The van der Waals surface area contributed by atoms with Crippen LogP contribution in [-0.4, -0.2) is 46.9 Å². The Bertz CT molecular complexity index is 1220. The second-order valence-electron chi connectivity index (χ2n) is 7.53. The number of halogens is 1. The van der Waals surface area contributed by atoms with E-state index < -0.39 is 6.30 Å². The predicted octanol–water partition coefficient (Wildman–Crippen LogP) is 4.55. The summed E-state index contributed by atoms with van der Waals surface area (Å²) >= 11 is 0. The largest absolute Gasteiger partial charge is 0.332 e. The number of nitrogens with zero attached hydrogens (tertiary/aromatic N) is 4. The molecule has 1 atom stereocenters. The summed E-state index contributed by atoms with van der Waals surface area (Å²) < 4.78 is 15.3. The molecule has 31 heavy (non-hydrogen) atoms. The molecule has 1 aliphatic heterocycles. The minimum atomic E-state index is -1.36. The Labute approximate surface area is 179 Å². The number of carbonyl (C=O) groups excluding carboxylic acids is 1. The molecule has 3 aromatic carbocycles. The van der Waals surface area contributed by atoms with Gasteiger partial charge in [-0.3, -0.25) is 4.79 Å². The van der Waals surface area contributed by atoms with Gasteiger partial charge in [0, 0.05) is 35.0 Å². The second kappa shape index (κ2) is 8.14. The number of benzene rings is 3. The van der Waals surface area contributed by atoms with Crippen LogP contribution in [0.15, 0.2) is 84.9 Å². The fraction of sp³-hybridized carbons (Fsp3) is 0.160. The lowest BCUT2D eigenvalue weighted by molar-refractivity contribution is 0.0660. The summed E-state index contributed by atoms with van der Waals surface area (Å²) in [4.78, 5) is 15.9. The summed E-state index contributed by atoms with van der Waals surface area (Å²) in [6.07, 6.45) is -1.36. The average molecular weight is 412 g/mol. The van der Waals surface area contributed by atoms with Crippen molar-refractivity contribution < 1.29 is 9.18 Å². The molecule has 0 aliphatic carbocycles. The normalized spacial score (nSPS) is 16.5. The molecule has 0 spiro atoms. The van der Waals surface area contributed by atoms with Gasteiger partial charge < -0.3 is 9.80 Å². The van der Waals surface area contributed by atoms with E-state index in [0.29, 0.717) is 24.5 Å². The van der Waals surface area contributed by atoms with E-state index in [1.165, 1.54) is 0 Å². The number of amides is 1. The fourth-order valence-corrected chi connectivity index (χ4v) is 4.04. The molecule has 0 saturated carbocycles. The van der Waals surface area contributed by atoms with Gasteiger partial charge in [-0.2, -0.15) is 0 Å². The van der Waals surface area contributed by atoms with Crippen molar-refractivity contribution in [3.63, 3.8) is 0 Å². The summed E-state index contributed by atoms with van der Waals surface area (Å²) in [7, 11) is 0. The van der Waals surface area contributed by atoms with Crippen molar-refractivity contribution in [3.8, 4) is 11.3 Å². The molecular formula is C25H21FN4O. The lowest BCUT2D eigenvalue weighted by atomic mass is 10.0. The third-order valence-electron chi connectivity index (χ3n) is 5.62. The molecule has 154 valence electrons. The number of fused-ring (bicyclic) bond motifs is 1. The van der Waals surface area contributed by atoms with Crippen LogP contribution in [0, 0.1) is 0 Å². The topological polar surface area (TPSA) is 49.3 Å². The van der Waals surface area contributed by atoms with Crippen LogP contribution in [0.2, 0.25) is 0 Å². The maximum atomic E-state index is 15.3. The van der Waals surface area contributed by atoms with E-state index in [9.17, 15) is 4.79 Å². The summed E-state index contributed by atoms with van der Waals surface area (Å²) in [5.41, 5.74) is 2.31. The highest BCUT2D eigenvalue weighted by molar-refractivity contribution is 6.00. The predicted molar refractivity (Wildman–Crippen MR) is 120 cm³/mol. The number of piperazine rings is 1. The number of rotatable bonds is 3. The van der Waals surface area contributed by atoms with Crippen molar-refractivity contribution in [1.82, 2.24) is 15.1 Å². The van der Waals surface area contributed by atoms with Crippen molar-refractivity contribution >= 4 is 22.5 Å². The van der Waals surface area contributed by atoms with Crippen molar-refractivity contribution in [2.45, 2.75) is 6.30 Å². The first-order chi connectivity index (χ1) is 15.2. The zero-order chi connectivity index (χ0) is 21.2. The van der Waals surface area contributed by atoms with Gasteiger partial charge in [0.15, 0.2) is 12.1 Å². The van der Waals surface area contributed by atoms with Gasteiger partial charge >= 0.3 is 0 Å². The van der Waals surface area contributed by atoms with E-state index in [1.807, 2.05) is 72.8 Å². The van der Waals surface area contributed by atoms with E-state index in [2.05, 4.69) is 10.2 Å². The molecule has 5 nitrogen and oxygen atoms in total. The number of hydrogen-bond acceptors (Lipinski definition) is 4. The summed E-state index contributed by atoms with van der Waals surface area (Å²) in [6, 6.07) is 26.6. The highest BCUT2D eigenvalue weighted by Gasteiger charge is 2.32. The zero-order valence-corrected chi connectivity index (χ0v) is 16.9. The van der Waals surface area contributed by atoms with Crippen LogP contribution in [0.5, 0.6) is 0 Å². The number of alkyl halides is 1. The fourth-order valence-electron chi connectivity index (χ4n) is 4.04. The van der Waals surface area contributed by atoms with Crippen molar-refractivity contribution in [3.05, 3.63) is 90.5 Å². The maximum absolute atomic E-state index is 15.3. The standard InChI is InChI=1S/C25H21FN4O/c26-22-17-29(25(31)19-11-5-2-6-12-19)15-16-30(22)24-21-14-8-7-13-20(21)23(27-28-24)18-9-3-1-4-10-18/h1-14,22H,15-17H2/t22-/m1/s1. The Morgan fingerprint density at radius 1 is 0.806 bits per heavy atom. The highest BCUT2D eigenvalue weighted by Crippen LogP contribution is 2.33. The molecule has 0 unspecified atom stereocenters. The summed E-state index contributed by atoms with van der Waals surface area (Å²) in [5.74, 6) is 0.354. The van der Waals surface area contributed by atoms with Gasteiger partial charge in [-0.15, -0.1) is 10.2 Å². The number of anilines is 1. The Hall–Kier alpha value is -3.80. The summed E-state index contributed by atoms with van der Waals surface area (Å²) in [6.45, 7) is 0.762. The van der Waals surface area contributed by atoms with E-state index in [0.717, 1.165) is 22.0 Å². The molecule has 0 bridgehead atoms. The first kappa shape index (κ1) is 19.2. The van der Waals surface area contributed by atoms with E-state index >= 15 is 4.39 Å². The molecule has 0 N–H and O–H groups in total. The Morgan fingerprint density at radius 2 is 1.45 bits per heavy atom. The maximum Gasteiger partial charge on any atom is 0.254 e. The van der Waals surface area contributed by atoms with Crippen LogP contribution in [0.3, 0.4) is 0 Å². The number of hydrogen-bond donors (Lipinski definition) is 0. The SMILES string of the molecule is O=C(c1ccccc1)N1CCN(c2nnc(-c3ccccc3)c3ccccc23)[C@@H](F)C1. The van der Waals surface area contributed by atoms with Crippen LogP contribution >= 0.6 is 0 Å². The molecule has 1 aromatic heterocycles. The minimum absolute atomic E-state index is 0.00975. The molecule has 5 rings (SSSR count). The van der Waals surface area contributed by atoms with Crippen LogP contribution < -0.4 is 4.90 Å². The minimum Gasteiger partial charge on any atom is -0.332 e. The molecule has 2 heterocycles. The molecule has 1 aliphatic rings. The second-order valence-corrected chi connectivity index (χ2v) is 7.53. The quantitative estimate of drug-likeness (QED) is 0.463. The summed E-state index contributed by atoms with van der Waals surface area (Å²) in [5, 5.41) is 10.6. The first-order valence-corrected chi connectivity index (χ1v) is 10.3. The van der Waals surface area contributed by atoms with Gasteiger partial charge in [-0.25, -0.2) is 4.39 Å². The van der Waals surface area contributed by atoms with E-state index in [-0.39, 0.29) is 12.5 Å². The third-order valence-corrected chi connectivity index (χ3v) is 5.62. The molecule has 1 saturated heterocycles. The van der Waals surface area contributed by atoms with Crippen molar-refractivity contribution in [2.75, 3.05) is 24.5 Å².